The summed E-state index contributed by atoms with van der Waals surface area (Å²) < 4.78 is 5.67. The summed E-state index contributed by atoms with van der Waals surface area (Å²) >= 11 is 0. The van der Waals surface area contributed by atoms with Crippen LogP contribution >= 0.6 is 0 Å². The maximum Gasteiger partial charge on any atom is 0.221 e. The van der Waals surface area contributed by atoms with Gasteiger partial charge in [-0.1, -0.05) is 20.8 Å². The van der Waals surface area contributed by atoms with Crippen molar-refractivity contribution in [1.82, 2.24) is 9.97 Å². The van der Waals surface area contributed by atoms with E-state index in [0.717, 1.165) is 23.8 Å². The van der Waals surface area contributed by atoms with E-state index in [9.17, 15) is 0 Å². The van der Waals surface area contributed by atoms with Gasteiger partial charge in [-0.05, 0) is 13.8 Å². The van der Waals surface area contributed by atoms with Gasteiger partial charge >= 0.3 is 0 Å². The molecule has 0 fully saturated rings. The topological polar surface area (TPSA) is 47.0 Å². The molecule has 0 unspecified atom stereocenters. The van der Waals surface area contributed by atoms with Gasteiger partial charge in [0.25, 0.3) is 0 Å². The highest BCUT2D eigenvalue weighted by molar-refractivity contribution is 5.49. The normalized spacial score (nSPS) is 10.9. The lowest BCUT2D eigenvalue weighted by molar-refractivity contribution is 0.308. The molecule has 1 heterocycles. The van der Waals surface area contributed by atoms with E-state index < -0.39 is 0 Å². The van der Waals surface area contributed by atoms with Gasteiger partial charge in [0.1, 0.15) is 18.2 Å². The highest BCUT2D eigenvalue weighted by Crippen LogP contribution is 2.27. The van der Waals surface area contributed by atoms with Gasteiger partial charge in [-0.15, -0.1) is 12.3 Å². The Kier molecular flexibility index (Phi) is 5.17. The molecule has 0 saturated carbocycles. The lowest BCUT2D eigenvalue weighted by atomic mass is 9.95. The average Bonchev–Trinajstić information content (AvgIpc) is 2.32. The van der Waals surface area contributed by atoms with Gasteiger partial charge in [-0.25, -0.2) is 4.98 Å². The fourth-order valence-electron chi connectivity index (χ4n) is 1.52. The molecule has 0 aliphatic carbocycles. The molecular formula is C15H23N3O. The second-order valence-electron chi connectivity index (χ2n) is 5.41. The summed E-state index contributed by atoms with van der Waals surface area (Å²) in [5.74, 6) is 4.77. The molecule has 0 saturated heterocycles. The zero-order valence-electron chi connectivity index (χ0n) is 12.5. The van der Waals surface area contributed by atoms with Crippen LogP contribution in [0.15, 0.2) is 0 Å². The number of ether oxygens (including phenoxy) is 1. The molecule has 0 amide bonds. The van der Waals surface area contributed by atoms with Gasteiger partial charge in [0.2, 0.25) is 5.88 Å². The maximum absolute atomic E-state index is 5.67. The SMILES string of the molecule is C#CCCOc1nc(C(C)(C)C)nc(NCC)c1C. The molecule has 1 rings (SSSR count). The molecule has 0 atom stereocenters. The van der Waals surface area contributed by atoms with E-state index in [1.54, 1.807) is 0 Å². The monoisotopic (exact) mass is 261 g/mol. The minimum Gasteiger partial charge on any atom is -0.476 e. The van der Waals surface area contributed by atoms with Gasteiger partial charge in [-0.3, -0.25) is 0 Å². The molecule has 4 nitrogen and oxygen atoms in total. The summed E-state index contributed by atoms with van der Waals surface area (Å²) in [5.41, 5.74) is 0.800. The highest BCUT2D eigenvalue weighted by Gasteiger charge is 2.21. The quantitative estimate of drug-likeness (QED) is 0.654. The van der Waals surface area contributed by atoms with Crippen LogP contribution in [0.25, 0.3) is 0 Å². The van der Waals surface area contributed by atoms with Crippen LogP contribution in [0.2, 0.25) is 0 Å². The van der Waals surface area contributed by atoms with E-state index in [1.165, 1.54) is 0 Å². The number of nitrogens with one attached hydrogen (secondary N) is 1. The first-order chi connectivity index (χ1) is 8.90. The first-order valence-corrected chi connectivity index (χ1v) is 6.59. The van der Waals surface area contributed by atoms with E-state index in [4.69, 9.17) is 11.2 Å². The molecule has 1 N–H and O–H groups in total. The third-order valence-electron chi connectivity index (χ3n) is 2.60. The first-order valence-electron chi connectivity index (χ1n) is 6.59. The van der Waals surface area contributed by atoms with Gasteiger partial charge in [-0.2, -0.15) is 4.98 Å². The Hall–Kier alpha value is -1.76. The zero-order chi connectivity index (χ0) is 14.5. The van der Waals surface area contributed by atoms with Crippen LogP contribution in [0.3, 0.4) is 0 Å². The number of rotatable bonds is 5. The number of aromatic nitrogens is 2. The molecule has 0 bridgehead atoms. The summed E-state index contributed by atoms with van der Waals surface area (Å²) in [6.45, 7) is 11.5. The van der Waals surface area contributed by atoms with Crippen molar-refractivity contribution >= 4 is 5.82 Å². The molecule has 0 aliphatic rings. The van der Waals surface area contributed by atoms with Crippen molar-refractivity contribution in [2.24, 2.45) is 0 Å². The van der Waals surface area contributed by atoms with Crippen molar-refractivity contribution in [3.8, 4) is 18.2 Å². The second-order valence-corrected chi connectivity index (χ2v) is 5.41. The van der Waals surface area contributed by atoms with Crippen molar-refractivity contribution in [3.63, 3.8) is 0 Å². The van der Waals surface area contributed by atoms with Gasteiger partial charge in [0, 0.05) is 18.4 Å². The molecule has 0 aromatic carbocycles. The third kappa shape index (κ3) is 4.13. The Labute approximate surface area is 116 Å². The fourth-order valence-corrected chi connectivity index (χ4v) is 1.52. The summed E-state index contributed by atoms with van der Waals surface area (Å²) in [5, 5.41) is 3.25. The van der Waals surface area contributed by atoms with E-state index >= 15 is 0 Å². The Morgan fingerprint density at radius 3 is 2.53 bits per heavy atom. The molecule has 0 radical (unpaired) electrons. The van der Waals surface area contributed by atoms with E-state index in [2.05, 4.69) is 42.0 Å². The van der Waals surface area contributed by atoms with Crippen molar-refractivity contribution in [2.75, 3.05) is 18.5 Å². The molecule has 1 aromatic heterocycles. The second kappa shape index (κ2) is 6.42. The number of terminal acetylenes is 1. The zero-order valence-corrected chi connectivity index (χ0v) is 12.5. The Bertz CT molecular complexity index is 470. The average molecular weight is 261 g/mol. The van der Waals surface area contributed by atoms with Gasteiger partial charge in [0.05, 0.1) is 5.56 Å². The smallest absolute Gasteiger partial charge is 0.221 e. The van der Waals surface area contributed by atoms with Gasteiger partial charge < -0.3 is 10.1 Å². The van der Waals surface area contributed by atoms with Crippen LogP contribution < -0.4 is 10.1 Å². The number of hydrogen-bond donors (Lipinski definition) is 1. The van der Waals surface area contributed by atoms with E-state index in [1.807, 2.05) is 13.8 Å². The van der Waals surface area contributed by atoms with Crippen LogP contribution in [0, 0.1) is 19.3 Å². The molecular weight excluding hydrogens is 238 g/mol. The largest absolute Gasteiger partial charge is 0.476 e. The minimum atomic E-state index is -0.123. The van der Waals surface area contributed by atoms with E-state index in [-0.39, 0.29) is 5.41 Å². The summed E-state index contributed by atoms with van der Waals surface area (Å²) in [7, 11) is 0. The fraction of sp³-hybridized carbons (Fsp3) is 0.600. The molecule has 19 heavy (non-hydrogen) atoms. The van der Waals surface area contributed by atoms with Crippen molar-refractivity contribution in [3.05, 3.63) is 11.4 Å². The van der Waals surface area contributed by atoms with Crippen molar-refractivity contribution in [1.29, 1.82) is 0 Å². The number of hydrogen-bond acceptors (Lipinski definition) is 4. The Morgan fingerprint density at radius 1 is 1.32 bits per heavy atom. The molecule has 0 spiro atoms. The first kappa shape index (κ1) is 15.3. The molecule has 1 aromatic rings. The van der Waals surface area contributed by atoms with Crippen LogP contribution in [-0.2, 0) is 5.41 Å². The summed E-state index contributed by atoms with van der Waals surface area (Å²) in [6, 6.07) is 0. The summed E-state index contributed by atoms with van der Waals surface area (Å²) in [6.07, 6.45) is 5.81. The Morgan fingerprint density at radius 2 is 2.00 bits per heavy atom. The Balaban J connectivity index is 3.13. The minimum absolute atomic E-state index is 0.123. The van der Waals surface area contributed by atoms with Crippen LogP contribution in [-0.4, -0.2) is 23.1 Å². The molecule has 104 valence electrons. The maximum atomic E-state index is 5.67. The molecule has 0 aliphatic heterocycles. The van der Waals surface area contributed by atoms with E-state index in [0.29, 0.717) is 18.9 Å². The van der Waals surface area contributed by atoms with Crippen LogP contribution in [0.5, 0.6) is 5.88 Å². The standard InChI is InChI=1S/C15H23N3O/c1-7-9-10-19-13-11(3)12(16-8-2)17-14(18-13)15(4,5)6/h1H,8-10H2,2-6H3,(H,16,17,18). The lowest BCUT2D eigenvalue weighted by Crippen LogP contribution is -2.19. The van der Waals surface area contributed by atoms with Gasteiger partial charge in [0.15, 0.2) is 0 Å². The predicted octanol–water partition coefficient (Wildman–Crippen LogP) is 2.92. The lowest BCUT2D eigenvalue weighted by Gasteiger charge is -2.20. The number of anilines is 1. The van der Waals surface area contributed by atoms with Crippen LogP contribution in [0.4, 0.5) is 5.82 Å². The number of nitrogens with zero attached hydrogens (tertiary/aromatic N) is 2. The van der Waals surface area contributed by atoms with Crippen molar-refractivity contribution < 1.29 is 4.74 Å². The summed E-state index contributed by atoms with van der Waals surface area (Å²) in [4.78, 5) is 9.10. The highest BCUT2D eigenvalue weighted by atomic mass is 16.5. The third-order valence-corrected chi connectivity index (χ3v) is 2.60. The van der Waals surface area contributed by atoms with Crippen molar-refractivity contribution in [2.45, 2.75) is 46.5 Å². The molecule has 4 heteroatoms. The predicted molar refractivity (Wildman–Crippen MR) is 78.6 cm³/mol. The van der Waals surface area contributed by atoms with Crippen LogP contribution in [0.1, 0.15) is 45.5 Å².